The predicted molar refractivity (Wildman–Crippen MR) is 164 cm³/mol. The Morgan fingerprint density at radius 1 is 0.976 bits per heavy atom. The molecule has 1 amide bonds. The molecule has 0 bridgehead atoms. The fraction of sp³-hybridized carbons (Fsp3) is 0.343. The van der Waals surface area contributed by atoms with Crippen LogP contribution in [0.5, 0.6) is 0 Å². The Morgan fingerprint density at radius 3 is 2.57 bits per heavy atom. The number of amides is 1. The minimum absolute atomic E-state index is 0.0384. The molecule has 2 fully saturated rings. The van der Waals surface area contributed by atoms with Gasteiger partial charge in [-0.05, 0) is 91.4 Å². The second kappa shape index (κ2) is 11.2. The van der Waals surface area contributed by atoms with Crippen molar-refractivity contribution in [2.45, 2.75) is 50.3 Å². The van der Waals surface area contributed by atoms with Gasteiger partial charge in [0.25, 0.3) is 5.91 Å². The van der Waals surface area contributed by atoms with E-state index in [4.69, 9.17) is 4.98 Å². The van der Waals surface area contributed by atoms with Crippen molar-refractivity contribution in [3.05, 3.63) is 95.1 Å². The number of hydrogen-bond donors (Lipinski definition) is 2. The number of aliphatic hydroxyl groups excluding tert-OH is 1. The lowest BCUT2D eigenvalue weighted by atomic mass is 9.99. The average molecular weight is 558 g/mol. The SMILES string of the molecule is N#Cc1ccc(-c2ccc3nc(N[C@@H]4c5ccccc5C[C@@H]4O)cc(C(=O)N4CCC[C@H]4CN4CCCC4)c3c2)cc1. The summed E-state index contributed by atoms with van der Waals surface area (Å²) in [5.74, 6) is 0.629. The fourth-order valence-electron chi connectivity index (χ4n) is 7.01. The lowest BCUT2D eigenvalue weighted by Crippen LogP contribution is -2.42. The van der Waals surface area contributed by atoms with Crippen LogP contribution in [0.3, 0.4) is 0 Å². The summed E-state index contributed by atoms with van der Waals surface area (Å²) in [6.07, 6.45) is 4.53. The molecule has 3 aromatic carbocycles. The van der Waals surface area contributed by atoms with Crippen LogP contribution in [0.2, 0.25) is 0 Å². The van der Waals surface area contributed by atoms with Crippen molar-refractivity contribution >= 4 is 22.6 Å². The third-order valence-corrected chi connectivity index (χ3v) is 9.20. The summed E-state index contributed by atoms with van der Waals surface area (Å²) in [5, 5.41) is 24.4. The Kier molecular flexibility index (Phi) is 7.10. The van der Waals surface area contributed by atoms with Gasteiger partial charge in [-0.3, -0.25) is 4.79 Å². The minimum atomic E-state index is -0.568. The maximum atomic E-state index is 14.4. The molecule has 1 aliphatic carbocycles. The number of hydrogen-bond acceptors (Lipinski definition) is 6. The number of nitrogens with zero attached hydrogens (tertiary/aromatic N) is 4. The highest BCUT2D eigenvalue weighted by atomic mass is 16.3. The molecule has 4 aromatic rings. The van der Waals surface area contributed by atoms with E-state index in [0.717, 1.165) is 72.2 Å². The van der Waals surface area contributed by atoms with Gasteiger partial charge in [0.05, 0.1) is 34.9 Å². The van der Waals surface area contributed by atoms with E-state index >= 15 is 0 Å². The van der Waals surface area contributed by atoms with E-state index in [1.54, 1.807) is 0 Å². The Balaban J connectivity index is 1.28. The molecule has 7 nitrogen and oxygen atoms in total. The number of nitriles is 1. The lowest BCUT2D eigenvalue weighted by molar-refractivity contribution is 0.0710. The number of pyridine rings is 1. The van der Waals surface area contributed by atoms with Crippen molar-refractivity contribution in [3.8, 4) is 17.2 Å². The van der Waals surface area contributed by atoms with Crippen LogP contribution in [0.25, 0.3) is 22.0 Å². The van der Waals surface area contributed by atoms with E-state index in [1.165, 1.54) is 12.8 Å². The standard InChI is InChI=1S/C35H35N5O2/c36-21-23-9-11-24(12-10-23)25-13-14-31-29(18-25)30(35(42)40-17-5-7-27(40)22-39-15-3-4-16-39)20-33(37-31)38-34-28-8-2-1-6-26(28)19-32(34)41/h1-2,6,8-14,18,20,27,32,34,41H,3-5,7,15-17,19,22H2,(H,37,38)/t27-,32-,34+/m0/s1. The zero-order valence-electron chi connectivity index (χ0n) is 23.7. The van der Waals surface area contributed by atoms with Crippen LogP contribution in [-0.4, -0.2) is 64.1 Å². The predicted octanol–water partition coefficient (Wildman–Crippen LogP) is 5.54. The Hall–Kier alpha value is -4.25. The molecule has 2 N–H and O–H groups in total. The highest BCUT2D eigenvalue weighted by molar-refractivity contribution is 6.08. The van der Waals surface area contributed by atoms with Gasteiger partial charge in [-0.15, -0.1) is 0 Å². The normalized spacial score (nSPS) is 21.9. The van der Waals surface area contributed by atoms with Gasteiger partial charge in [0.1, 0.15) is 5.82 Å². The largest absolute Gasteiger partial charge is 0.390 e. The van der Waals surface area contributed by atoms with Gasteiger partial charge in [-0.1, -0.05) is 42.5 Å². The first kappa shape index (κ1) is 26.6. The number of rotatable bonds is 6. The van der Waals surface area contributed by atoms with Crippen molar-refractivity contribution in [1.29, 1.82) is 5.26 Å². The molecule has 42 heavy (non-hydrogen) atoms. The summed E-state index contributed by atoms with van der Waals surface area (Å²) in [6.45, 7) is 3.92. The molecule has 2 aliphatic heterocycles. The summed E-state index contributed by atoms with van der Waals surface area (Å²) in [5.41, 5.74) is 6.13. The second-order valence-electron chi connectivity index (χ2n) is 11.9. The van der Waals surface area contributed by atoms with E-state index in [2.05, 4.69) is 27.3 Å². The Bertz CT molecular complexity index is 1670. The van der Waals surface area contributed by atoms with Crippen molar-refractivity contribution in [1.82, 2.24) is 14.8 Å². The topological polar surface area (TPSA) is 92.5 Å². The maximum absolute atomic E-state index is 14.4. The monoisotopic (exact) mass is 557 g/mol. The number of anilines is 1. The molecular formula is C35H35N5O2. The zero-order valence-corrected chi connectivity index (χ0v) is 23.7. The zero-order chi connectivity index (χ0) is 28.6. The molecule has 7 heteroatoms. The smallest absolute Gasteiger partial charge is 0.254 e. The van der Waals surface area contributed by atoms with Crippen LogP contribution in [-0.2, 0) is 6.42 Å². The summed E-state index contributed by atoms with van der Waals surface area (Å²) >= 11 is 0. The molecule has 1 aromatic heterocycles. The molecule has 7 rings (SSSR count). The molecule has 212 valence electrons. The number of nitrogens with one attached hydrogen (secondary N) is 1. The summed E-state index contributed by atoms with van der Waals surface area (Å²) < 4.78 is 0. The number of likely N-dealkylation sites (tertiary alicyclic amines) is 2. The number of benzene rings is 3. The molecular weight excluding hydrogens is 522 g/mol. The second-order valence-corrected chi connectivity index (χ2v) is 11.9. The molecule has 3 heterocycles. The van der Waals surface area contributed by atoms with Crippen molar-refractivity contribution < 1.29 is 9.90 Å². The third kappa shape index (κ3) is 5.02. The van der Waals surface area contributed by atoms with Crippen LogP contribution in [0, 0.1) is 11.3 Å². The van der Waals surface area contributed by atoms with Crippen LogP contribution in [0.4, 0.5) is 5.82 Å². The highest BCUT2D eigenvalue weighted by Gasteiger charge is 2.34. The third-order valence-electron chi connectivity index (χ3n) is 9.20. The van der Waals surface area contributed by atoms with Gasteiger partial charge in [0.2, 0.25) is 0 Å². The quantitative estimate of drug-likeness (QED) is 0.323. The molecule has 0 saturated carbocycles. The van der Waals surface area contributed by atoms with Gasteiger partial charge in [0, 0.05) is 30.9 Å². The van der Waals surface area contributed by atoms with Crippen LogP contribution in [0.1, 0.15) is 58.8 Å². The van der Waals surface area contributed by atoms with E-state index in [-0.39, 0.29) is 18.0 Å². The van der Waals surface area contributed by atoms with Crippen molar-refractivity contribution in [3.63, 3.8) is 0 Å². The molecule has 0 spiro atoms. The number of carbonyl (C=O) groups excluding carboxylic acids is 1. The van der Waals surface area contributed by atoms with Gasteiger partial charge in [0.15, 0.2) is 0 Å². The molecule has 0 radical (unpaired) electrons. The first-order chi connectivity index (χ1) is 20.6. The highest BCUT2D eigenvalue weighted by Crippen LogP contribution is 2.36. The Labute approximate surface area is 246 Å². The maximum Gasteiger partial charge on any atom is 0.254 e. The molecule has 2 saturated heterocycles. The van der Waals surface area contributed by atoms with Gasteiger partial charge in [-0.2, -0.15) is 5.26 Å². The van der Waals surface area contributed by atoms with E-state index in [0.29, 0.717) is 23.4 Å². The van der Waals surface area contributed by atoms with E-state index in [9.17, 15) is 15.2 Å². The fourth-order valence-corrected chi connectivity index (χ4v) is 7.01. The first-order valence-electron chi connectivity index (χ1n) is 15.1. The number of aliphatic hydroxyl groups is 1. The molecule has 0 unspecified atom stereocenters. The van der Waals surface area contributed by atoms with Gasteiger partial charge < -0.3 is 20.2 Å². The number of fused-ring (bicyclic) bond motifs is 2. The lowest BCUT2D eigenvalue weighted by Gasteiger charge is -2.29. The summed E-state index contributed by atoms with van der Waals surface area (Å²) in [7, 11) is 0. The number of aromatic nitrogens is 1. The Morgan fingerprint density at radius 2 is 1.76 bits per heavy atom. The minimum Gasteiger partial charge on any atom is -0.390 e. The van der Waals surface area contributed by atoms with Gasteiger partial charge >= 0.3 is 0 Å². The number of carbonyl (C=O) groups is 1. The molecule has 3 atom stereocenters. The summed E-state index contributed by atoms with van der Waals surface area (Å²) in [6, 6.07) is 25.6. The average Bonchev–Trinajstić information content (AvgIpc) is 3.78. The van der Waals surface area contributed by atoms with Crippen molar-refractivity contribution in [2.75, 3.05) is 31.5 Å². The van der Waals surface area contributed by atoms with Crippen LogP contribution in [0.15, 0.2) is 72.8 Å². The van der Waals surface area contributed by atoms with Crippen LogP contribution < -0.4 is 5.32 Å². The van der Waals surface area contributed by atoms with Gasteiger partial charge in [-0.25, -0.2) is 4.98 Å². The van der Waals surface area contributed by atoms with Crippen LogP contribution >= 0.6 is 0 Å². The van der Waals surface area contributed by atoms with E-state index < -0.39 is 6.10 Å². The first-order valence-corrected chi connectivity index (χ1v) is 15.1. The van der Waals surface area contributed by atoms with E-state index in [1.807, 2.05) is 66.7 Å². The van der Waals surface area contributed by atoms with Crippen molar-refractivity contribution in [2.24, 2.45) is 0 Å². The summed E-state index contributed by atoms with van der Waals surface area (Å²) in [4.78, 5) is 23.9. The molecule has 3 aliphatic rings.